The summed E-state index contributed by atoms with van der Waals surface area (Å²) in [5.74, 6) is -0.0364. The fourth-order valence-corrected chi connectivity index (χ4v) is 10.1. The first-order valence-electron chi connectivity index (χ1n) is 31.3. The van der Waals surface area contributed by atoms with Crippen molar-refractivity contribution in [2.24, 2.45) is 0 Å². The van der Waals surface area contributed by atoms with Crippen molar-refractivity contribution < 1.29 is 24.5 Å². The molecule has 0 saturated heterocycles. The van der Waals surface area contributed by atoms with Gasteiger partial charge in [0.05, 0.1) is 25.4 Å². The molecule has 0 radical (unpaired) electrons. The Labute approximate surface area is 426 Å². The van der Waals surface area contributed by atoms with Crippen molar-refractivity contribution in [2.45, 2.75) is 373 Å². The van der Waals surface area contributed by atoms with Gasteiger partial charge in [-0.2, -0.15) is 0 Å². The van der Waals surface area contributed by atoms with E-state index < -0.39 is 12.1 Å². The van der Waals surface area contributed by atoms with Gasteiger partial charge in [-0.1, -0.05) is 322 Å². The lowest BCUT2D eigenvalue weighted by Gasteiger charge is -2.22. The molecule has 68 heavy (non-hydrogen) atoms. The van der Waals surface area contributed by atoms with Gasteiger partial charge in [0.25, 0.3) is 0 Å². The largest absolute Gasteiger partial charge is 0.466 e. The van der Waals surface area contributed by atoms with Gasteiger partial charge in [0, 0.05) is 12.8 Å². The molecule has 0 aliphatic heterocycles. The van der Waals surface area contributed by atoms with Crippen LogP contribution in [0.25, 0.3) is 0 Å². The van der Waals surface area contributed by atoms with Gasteiger partial charge in [0.2, 0.25) is 5.91 Å². The summed E-state index contributed by atoms with van der Waals surface area (Å²) < 4.78 is 5.46. The summed E-state index contributed by atoms with van der Waals surface area (Å²) in [5, 5.41) is 23.4. The maximum Gasteiger partial charge on any atom is 0.305 e. The van der Waals surface area contributed by atoms with Crippen LogP contribution in [0.15, 0.2) is 0 Å². The van der Waals surface area contributed by atoms with Gasteiger partial charge in [-0.15, -0.1) is 0 Å². The second kappa shape index (κ2) is 58.4. The lowest BCUT2D eigenvalue weighted by molar-refractivity contribution is -0.143. The number of nitrogens with one attached hydrogen (secondary N) is 1. The van der Waals surface area contributed by atoms with E-state index in [9.17, 15) is 19.8 Å². The number of hydrogen-bond donors (Lipinski definition) is 3. The Balaban J connectivity index is 3.41. The molecule has 0 spiro atoms. The number of rotatable bonds is 59. The minimum absolute atomic E-state index is 0.00192. The van der Waals surface area contributed by atoms with Gasteiger partial charge in [-0.3, -0.25) is 9.59 Å². The maximum atomic E-state index is 12.5. The molecule has 0 aliphatic rings. The van der Waals surface area contributed by atoms with Crippen molar-refractivity contribution in [3.05, 3.63) is 0 Å². The summed E-state index contributed by atoms with van der Waals surface area (Å²) in [7, 11) is 0. The Hall–Kier alpha value is -1.14. The van der Waals surface area contributed by atoms with Gasteiger partial charge >= 0.3 is 5.97 Å². The lowest BCUT2D eigenvalue weighted by Crippen LogP contribution is -2.45. The number of ether oxygens (including phenoxy) is 1. The number of hydrogen-bond acceptors (Lipinski definition) is 5. The molecule has 0 saturated carbocycles. The number of aliphatic hydroxyl groups is 2. The molecule has 0 heterocycles. The third-order valence-electron chi connectivity index (χ3n) is 14.9. The molecular formula is C62H123NO5. The van der Waals surface area contributed by atoms with E-state index in [4.69, 9.17) is 4.74 Å². The SMILES string of the molecule is CCCCCCCCCCCCCCCCCCCCCCCCCCCC(O)C(CO)NC(=O)CCCCCCCCCCCCCCCCCOC(=O)CCCCCCCCCCCCC. The van der Waals surface area contributed by atoms with Crippen LogP contribution in [0.2, 0.25) is 0 Å². The molecule has 3 N–H and O–H groups in total. The second-order valence-electron chi connectivity index (χ2n) is 21.8. The Morgan fingerprint density at radius 2 is 0.603 bits per heavy atom. The van der Waals surface area contributed by atoms with Crippen molar-refractivity contribution in [1.82, 2.24) is 5.32 Å². The first-order valence-corrected chi connectivity index (χ1v) is 31.3. The molecule has 0 aromatic carbocycles. The van der Waals surface area contributed by atoms with Gasteiger partial charge in [-0.25, -0.2) is 0 Å². The van der Waals surface area contributed by atoms with Crippen LogP contribution in [0, 0.1) is 0 Å². The Morgan fingerprint density at radius 3 is 0.897 bits per heavy atom. The van der Waals surface area contributed by atoms with Crippen LogP contribution >= 0.6 is 0 Å². The fraction of sp³-hybridized carbons (Fsp3) is 0.968. The van der Waals surface area contributed by atoms with Crippen LogP contribution < -0.4 is 5.32 Å². The quantitative estimate of drug-likeness (QED) is 0.0417. The van der Waals surface area contributed by atoms with E-state index in [0.29, 0.717) is 25.9 Å². The van der Waals surface area contributed by atoms with Crippen molar-refractivity contribution in [3.63, 3.8) is 0 Å². The highest BCUT2D eigenvalue weighted by atomic mass is 16.5. The van der Waals surface area contributed by atoms with Gasteiger partial charge in [0.15, 0.2) is 0 Å². The Morgan fingerprint density at radius 1 is 0.353 bits per heavy atom. The highest BCUT2D eigenvalue weighted by molar-refractivity contribution is 5.76. The zero-order chi connectivity index (χ0) is 49.3. The number of esters is 1. The van der Waals surface area contributed by atoms with Crippen LogP contribution in [0.3, 0.4) is 0 Å². The predicted molar refractivity (Wildman–Crippen MR) is 297 cm³/mol. The van der Waals surface area contributed by atoms with Crippen molar-refractivity contribution >= 4 is 11.9 Å². The van der Waals surface area contributed by atoms with E-state index in [0.717, 1.165) is 44.9 Å². The average molecular weight is 963 g/mol. The number of unbranched alkanes of at least 4 members (excludes halogenated alkanes) is 48. The van der Waals surface area contributed by atoms with E-state index in [1.54, 1.807) is 0 Å². The minimum atomic E-state index is -0.670. The van der Waals surface area contributed by atoms with Crippen molar-refractivity contribution in [3.8, 4) is 0 Å². The average Bonchev–Trinajstić information content (AvgIpc) is 3.34. The summed E-state index contributed by atoms with van der Waals surface area (Å²) in [6, 6.07) is -0.548. The second-order valence-corrected chi connectivity index (χ2v) is 21.8. The topological polar surface area (TPSA) is 95.9 Å². The Kier molecular flexibility index (Phi) is 57.5. The molecule has 6 heteroatoms. The molecule has 0 fully saturated rings. The van der Waals surface area contributed by atoms with E-state index in [2.05, 4.69) is 19.2 Å². The summed E-state index contributed by atoms with van der Waals surface area (Å²) >= 11 is 0. The van der Waals surface area contributed by atoms with Crippen LogP contribution in [0.4, 0.5) is 0 Å². The maximum absolute atomic E-state index is 12.5. The summed E-state index contributed by atoms with van der Waals surface area (Å²) in [6.45, 7) is 4.97. The highest BCUT2D eigenvalue weighted by Gasteiger charge is 2.20. The molecule has 2 atom stereocenters. The summed E-state index contributed by atoms with van der Waals surface area (Å²) in [4.78, 5) is 24.5. The first kappa shape index (κ1) is 66.9. The molecule has 0 rings (SSSR count). The zero-order valence-corrected chi connectivity index (χ0v) is 46.4. The van der Waals surface area contributed by atoms with Gasteiger partial charge < -0.3 is 20.3 Å². The number of carbonyl (C=O) groups is 2. The standard InChI is InChI=1S/C62H123NO5/c1-3-5-7-9-11-13-15-16-17-18-19-20-21-22-23-24-25-26-28-31-35-38-42-46-50-54-60(65)59(58-64)63-61(66)55-51-47-43-39-36-32-29-27-30-33-37-41-45-49-53-57-68-62(67)56-52-48-44-40-34-14-12-10-8-6-4-2/h59-60,64-65H,3-58H2,1-2H3,(H,63,66). The zero-order valence-electron chi connectivity index (χ0n) is 46.4. The van der Waals surface area contributed by atoms with E-state index in [-0.39, 0.29) is 18.5 Å². The molecule has 1 amide bonds. The molecule has 0 bridgehead atoms. The Bertz CT molecular complexity index is 975. The monoisotopic (exact) mass is 962 g/mol. The fourth-order valence-electron chi connectivity index (χ4n) is 10.1. The number of amides is 1. The van der Waals surface area contributed by atoms with Crippen molar-refractivity contribution in [2.75, 3.05) is 13.2 Å². The smallest absolute Gasteiger partial charge is 0.305 e. The molecular weight excluding hydrogens is 839 g/mol. The van der Waals surface area contributed by atoms with Gasteiger partial charge in [0.1, 0.15) is 0 Å². The molecule has 2 unspecified atom stereocenters. The van der Waals surface area contributed by atoms with Crippen LogP contribution in [0.5, 0.6) is 0 Å². The highest BCUT2D eigenvalue weighted by Crippen LogP contribution is 2.19. The van der Waals surface area contributed by atoms with Crippen LogP contribution in [-0.4, -0.2) is 47.4 Å². The van der Waals surface area contributed by atoms with Crippen molar-refractivity contribution in [1.29, 1.82) is 0 Å². The molecule has 6 nitrogen and oxygen atoms in total. The third-order valence-corrected chi connectivity index (χ3v) is 14.9. The third kappa shape index (κ3) is 54.2. The molecule has 0 aliphatic carbocycles. The number of aliphatic hydroxyl groups excluding tert-OH is 2. The molecule has 0 aromatic heterocycles. The summed E-state index contributed by atoms with van der Waals surface area (Å²) in [6.07, 6.45) is 68.2. The van der Waals surface area contributed by atoms with Crippen LogP contribution in [0.1, 0.15) is 361 Å². The van der Waals surface area contributed by atoms with E-state index in [1.165, 1.54) is 283 Å². The predicted octanol–water partition coefficient (Wildman–Crippen LogP) is 19.5. The summed E-state index contributed by atoms with van der Waals surface area (Å²) in [5.41, 5.74) is 0. The minimum Gasteiger partial charge on any atom is -0.466 e. The van der Waals surface area contributed by atoms with Crippen LogP contribution in [-0.2, 0) is 14.3 Å². The van der Waals surface area contributed by atoms with E-state index >= 15 is 0 Å². The molecule has 406 valence electrons. The number of carbonyl (C=O) groups excluding carboxylic acids is 2. The first-order chi connectivity index (χ1) is 33.5. The molecule has 0 aromatic rings. The lowest BCUT2D eigenvalue weighted by atomic mass is 10.0. The van der Waals surface area contributed by atoms with Gasteiger partial charge in [-0.05, 0) is 25.7 Å². The van der Waals surface area contributed by atoms with E-state index in [1.807, 2.05) is 0 Å². The normalized spacial score (nSPS) is 12.5.